The summed E-state index contributed by atoms with van der Waals surface area (Å²) in [5.41, 5.74) is 1.34. The Morgan fingerprint density at radius 3 is 2.12 bits per heavy atom. The molecule has 3 rings (SSSR count). The quantitative estimate of drug-likeness (QED) is 0.434. The lowest BCUT2D eigenvalue weighted by atomic mass is 9.77. The van der Waals surface area contributed by atoms with Crippen molar-refractivity contribution in [2.24, 2.45) is 17.8 Å². The van der Waals surface area contributed by atoms with Gasteiger partial charge in [-0.3, -0.25) is 0 Å². The van der Waals surface area contributed by atoms with E-state index < -0.39 is 0 Å². The van der Waals surface area contributed by atoms with Gasteiger partial charge in [-0.15, -0.1) is 0 Å². The number of allylic oxidation sites excluding steroid dienone is 2. The standard InChI is InChI=1S/C25H37F/c1-2-5-20-8-10-21(11-9-20)6-3-4-7-22-12-14-23(15-13-22)24-16-18-25(26)19-17-24/h3,6,16-23H,2,4-5,7-15H2,1H3/b6-3+. The number of benzene rings is 1. The highest BCUT2D eigenvalue weighted by Gasteiger charge is 2.22. The van der Waals surface area contributed by atoms with Gasteiger partial charge in [0.05, 0.1) is 0 Å². The fourth-order valence-corrected chi connectivity index (χ4v) is 5.22. The van der Waals surface area contributed by atoms with Crippen molar-refractivity contribution in [1.82, 2.24) is 0 Å². The molecule has 0 spiro atoms. The highest BCUT2D eigenvalue weighted by molar-refractivity contribution is 5.20. The lowest BCUT2D eigenvalue weighted by Gasteiger charge is -2.29. The van der Waals surface area contributed by atoms with Crippen LogP contribution in [0.4, 0.5) is 4.39 Å². The van der Waals surface area contributed by atoms with Crippen LogP contribution in [0.1, 0.15) is 95.5 Å². The Labute approximate surface area is 160 Å². The monoisotopic (exact) mass is 356 g/mol. The van der Waals surface area contributed by atoms with E-state index >= 15 is 0 Å². The third-order valence-corrected chi connectivity index (χ3v) is 6.93. The molecule has 0 heterocycles. The van der Waals surface area contributed by atoms with Crippen molar-refractivity contribution >= 4 is 0 Å². The minimum absolute atomic E-state index is 0.118. The number of rotatable bonds is 7. The molecule has 0 radical (unpaired) electrons. The smallest absolute Gasteiger partial charge is 0.123 e. The van der Waals surface area contributed by atoms with E-state index in [4.69, 9.17) is 0 Å². The van der Waals surface area contributed by atoms with Crippen LogP contribution in [0.25, 0.3) is 0 Å². The van der Waals surface area contributed by atoms with Crippen LogP contribution >= 0.6 is 0 Å². The van der Waals surface area contributed by atoms with Crippen LogP contribution in [0.5, 0.6) is 0 Å². The highest BCUT2D eigenvalue weighted by Crippen LogP contribution is 2.38. The first-order valence-corrected chi connectivity index (χ1v) is 11.2. The Hall–Kier alpha value is -1.11. The summed E-state index contributed by atoms with van der Waals surface area (Å²) >= 11 is 0. The van der Waals surface area contributed by atoms with Crippen molar-refractivity contribution in [2.75, 3.05) is 0 Å². The van der Waals surface area contributed by atoms with Gasteiger partial charge in [0.2, 0.25) is 0 Å². The molecule has 0 aromatic heterocycles. The van der Waals surface area contributed by atoms with E-state index in [0.717, 1.165) is 17.8 Å². The molecule has 0 saturated heterocycles. The second kappa shape index (κ2) is 10.3. The van der Waals surface area contributed by atoms with Gasteiger partial charge in [0.25, 0.3) is 0 Å². The van der Waals surface area contributed by atoms with Crippen molar-refractivity contribution in [3.05, 3.63) is 47.8 Å². The predicted molar refractivity (Wildman–Crippen MR) is 110 cm³/mol. The Kier molecular flexibility index (Phi) is 7.77. The van der Waals surface area contributed by atoms with Gasteiger partial charge in [0.1, 0.15) is 5.82 Å². The second-order valence-electron chi connectivity index (χ2n) is 8.84. The first kappa shape index (κ1) is 19.6. The number of hydrogen-bond donors (Lipinski definition) is 0. The van der Waals surface area contributed by atoms with E-state index in [2.05, 4.69) is 19.1 Å². The van der Waals surface area contributed by atoms with Crippen LogP contribution in [0.3, 0.4) is 0 Å². The molecule has 2 saturated carbocycles. The van der Waals surface area contributed by atoms with Crippen LogP contribution in [-0.4, -0.2) is 0 Å². The zero-order valence-electron chi connectivity index (χ0n) is 16.6. The SMILES string of the molecule is CCCC1CCC(/C=C/CCC2CCC(c3ccc(F)cc3)CC2)CC1. The van der Waals surface area contributed by atoms with E-state index in [-0.39, 0.29) is 5.82 Å². The molecular formula is C25H37F. The lowest BCUT2D eigenvalue weighted by molar-refractivity contribution is 0.293. The Bertz CT molecular complexity index is 528. The van der Waals surface area contributed by atoms with Crippen molar-refractivity contribution in [3.8, 4) is 0 Å². The predicted octanol–water partition coefficient (Wildman–Crippen LogP) is 8.04. The normalized spacial score (nSPS) is 29.9. The fraction of sp³-hybridized carbons (Fsp3) is 0.680. The Morgan fingerprint density at radius 1 is 0.846 bits per heavy atom. The van der Waals surface area contributed by atoms with Gasteiger partial charge < -0.3 is 0 Å². The Morgan fingerprint density at radius 2 is 1.46 bits per heavy atom. The van der Waals surface area contributed by atoms with E-state index in [0.29, 0.717) is 5.92 Å². The molecule has 0 atom stereocenters. The minimum Gasteiger partial charge on any atom is -0.207 e. The molecule has 1 aromatic carbocycles. The molecule has 0 amide bonds. The van der Waals surface area contributed by atoms with Crippen LogP contribution in [0.2, 0.25) is 0 Å². The van der Waals surface area contributed by atoms with Gasteiger partial charge in [-0.1, -0.05) is 44.1 Å². The summed E-state index contributed by atoms with van der Waals surface area (Å²) in [4.78, 5) is 0. The van der Waals surface area contributed by atoms with Crippen LogP contribution in [-0.2, 0) is 0 Å². The Balaban J connectivity index is 1.31. The van der Waals surface area contributed by atoms with Gasteiger partial charge >= 0.3 is 0 Å². The third kappa shape index (κ3) is 5.96. The summed E-state index contributed by atoms with van der Waals surface area (Å²) in [7, 11) is 0. The molecule has 1 heteroatoms. The van der Waals surface area contributed by atoms with Crippen molar-refractivity contribution < 1.29 is 4.39 Å². The van der Waals surface area contributed by atoms with Gasteiger partial charge in [-0.05, 0) is 106 Å². The zero-order chi connectivity index (χ0) is 18.2. The van der Waals surface area contributed by atoms with E-state index in [1.165, 1.54) is 82.6 Å². The summed E-state index contributed by atoms with van der Waals surface area (Å²) in [5.74, 6) is 3.31. The average molecular weight is 357 g/mol. The van der Waals surface area contributed by atoms with Gasteiger partial charge in [0.15, 0.2) is 0 Å². The molecule has 0 nitrogen and oxygen atoms in total. The maximum atomic E-state index is 13.1. The zero-order valence-corrected chi connectivity index (χ0v) is 16.6. The van der Waals surface area contributed by atoms with Gasteiger partial charge in [-0.25, -0.2) is 4.39 Å². The molecule has 0 aliphatic heterocycles. The second-order valence-corrected chi connectivity index (χ2v) is 8.84. The largest absolute Gasteiger partial charge is 0.207 e. The summed E-state index contributed by atoms with van der Waals surface area (Å²) in [5, 5.41) is 0. The van der Waals surface area contributed by atoms with Crippen molar-refractivity contribution in [3.63, 3.8) is 0 Å². The average Bonchev–Trinajstić information content (AvgIpc) is 2.68. The van der Waals surface area contributed by atoms with Gasteiger partial charge in [0, 0.05) is 0 Å². The molecule has 144 valence electrons. The highest BCUT2D eigenvalue weighted by atomic mass is 19.1. The summed E-state index contributed by atoms with van der Waals surface area (Å²) < 4.78 is 13.1. The van der Waals surface area contributed by atoms with E-state index in [1.807, 2.05) is 12.1 Å². The molecule has 2 aliphatic rings. The third-order valence-electron chi connectivity index (χ3n) is 6.93. The van der Waals surface area contributed by atoms with Crippen LogP contribution in [0.15, 0.2) is 36.4 Å². The van der Waals surface area contributed by atoms with E-state index in [9.17, 15) is 4.39 Å². The van der Waals surface area contributed by atoms with Crippen molar-refractivity contribution in [1.29, 1.82) is 0 Å². The molecular weight excluding hydrogens is 319 g/mol. The lowest BCUT2D eigenvalue weighted by Crippen LogP contribution is -2.13. The fourth-order valence-electron chi connectivity index (χ4n) is 5.22. The van der Waals surface area contributed by atoms with Crippen LogP contribution in [0, 0.1) is 23.6 Å². The molecule has 0 unspecified atom stereocenters. The van der Waals surface area contributed by atoms with Crippen LogP contribution < -0.4 is 0 Å². The number of hydrogen-bond acceptors (Lipinski definition) is 0. The molecule has 0 N–H and O–H groups in total. The first-order chi connectivity index (χ1) is 12.7. The maximum absolute atomic E-state index is 13.1. The maximum Gasteiger partial charge on any atom is 0.123 e. The molecule has 2 fully saturated rings. The number of halogens is 1. The summed E-state index contributed by atoms with van der Waals surface area (Å²) in [6.45, 7) is 2.32. The topological polar surface area (TPSA) is 0 Å². The minimum atomic E-state index is -0.118. The first-order valence-electron chi connectivity index (χ1n) is 11.2. The van der Waals surface area contributed by atoms with Crippen molar-refractivity contribution in [2.45, 2.75) is 89.9 Å². The summed E-state index contributed by atoms with van der Waals surface area (Å²) in [6.07, 6.45) is 21.4. The molecule has 2 aliphatic carbocycles. The van der Waals surface area contributed by atoms with E-state index in [1.54, 1.807) is 12.1 Å². The molecule has 26 heavy (non-hydrogen) atoms. The van der Waals surface area contributed by atoms with Gasteiger partial charge in [-0.2, -0.15) is 0 Å². The molecule has 0 bridgehead atoms. The summed E-state index contributed by atoms with van der Waals surface area (Å²) in [6, 6.07) is 7.19. The molecule has 1 aromatic rings.